The van der Waals surface area contributed by atoms with Crippen LogP contribution in [-0.4, -0.2) is 10.5 Å². The summed E-state index contributed by atoms with van der Waals surface area (Å²) < 4.78 is 30.1. The highest BCUT2D eigenvalue weighted by molar-refractivity contribution is 9.10. The summed E-state index contributed by atoms with van der Waals surface area (Å²) in [4.78, 5) is 16.8. The van der Waals surface area contributed by atoms with E-state index in [2.05, 4.69) is 27.5 Å². The maximum atomic E-state index is 14.1. The lowest BCUT2D eigenvalue weighted by atomic mass is 10.2. The number of allylic oxidation sites excluding steroid dienone is 1. The molecule has 24 heavy (non-hydrogen) atoms. The van der Waals surface area contributed by atoms with E-state index in [1.54, 1.807) is 30.3 Å². The fraction of sp³-hybridized carbons (Fsp3) is 0.0588. The van der Waals surface area contributed by atoms with Gasteiger partial charge in [0.15, 0.2) is 10.6 Å². The van der Waals surface area contributed by atoms with Gasteiger partial charge in [-0.3, -0.25) is 4.79 Å². The first-order chi connectivity index (χ1) is 11.5. The predicted octanol–water partition coefficient (Wildman–Crippen LogP) is 4.67. The van der Waals surface area contributed by atoms with E-state index in [0.29, 0.717) is 14.7 Å². The van der Waals surface area contributed by atoms with Gasteiger partial charge in [-0.25, -0.2) is 8.78 Å². The van der Waals surface area contributed by atoms with Gasteiger partial charge in [0.05, 0.1) is 15.8 Å². The number of benzene rings is 2. The molecular weight excluding hydrogens is 398 g/mol. The summed E-state index contributed by atoms with van der Waals surface area (Å²) in [6, 6.07) is 8.93. The summed E-state index contributed by atoms with van der Waals surface area (Å²) in [6.45, 7) is 3.89. The number of aromatic nitrogens is 1. The maximum absolute atomic E-state index is 14.1. The molecule has 0 aliphatic heterocycles. The third-order valence-electron chi connectivity index (χ3n) is 3.31. The van der Waals surface area contributed by atoms with Crippen LogP contribution in [0.4, 0.5) is 8.78 Å². The number of hydrogen-bond donors (Lipinski definition) is 0. The highest BCUT2D eigenvalue weighted by Crippen LogP contribution is 2.23. The van der Waals surface area contributed by atoms with Gasteiger partial charge >= 0.3 is 0 Å². The van der Waals surface area contributed by atoms with Crippen LogP contribution in [-0.2, 0) is 6.54 Å². The number of nitrogens with zero attached hydrogens (tertiary/aromatic N) is 2. The lowest BCUT2D eigenvalue weighted by molar-refractivity contribution is 0.0997. The number of carbonyl (C=O) groups excluding carboxylic acids is 1. The zero-order valence-electron chi connectivity index (χ0n) is 12.3. The fourth-order valence-electron chi connectivity index (χ4n) is 2.29. The van der Waals surface area contributed by atoms with Gasteiger partial charge in [0.2, 0.25) is 0 Å². The van der Waals surface area contributed by atoms with Crippen molar-refractivity contribution in [3.63, 3.8) is 0 Å². The van der Waals surface area contributed by atoms with Crippen LogP contribution >= 0.6 is 27.3 Å². The number of amides is 1. The number of halogens is 3. The molecule has 0 spiro atoms. The molecule has 1 aromatic heterocycles. The molecule has 2 aromatic carbocycles. The molecule has 3 aromatic rings. The van der Waals surface area contributed by atoms with E-state index in [1.807, 2.05) is 0 Å². The Labute approximate surface area is 148 Å². The third-order valence-corrected chi connectivity index (χ3v) is 5.03. The van der Waals surface area contributed by atoms with Gasteiger partial charge in [-0.1, -0.05) is 29.5 Å². The van der Waals surface area contributed by atoms with Crippen LogP contribution in [0.5, 0.6) is 0 Å². The Morgan fingerprint density at radius 2 is 2.08 bits per heavy atom. The molecule has 3 rings (SSSR count). The van der Waals surface area contributed by atoms with Gasteiger partial charge in [0, 0.05) is 17.1 Å². The first kappa shape index (κ1) is 16.7. The van der Waals surface area contributed by atoms with Crippen LogP contribution in [0, 0.1) is 11.6 Å². The highest BCUT2D eigenvalue weighted by atomic mass is 79.9. The average molecular weight is 409 g/mol. The van der Waals surface area contributed by atoms with Gasteiger partial charge in [-0.05, 0) is 34.1 Å². The van der Waals surface area contributed by atoms with E-state index in [9.17, 15) is 13.6 Å². The largest absolute Gasteiger partial charge is 0.310 e. The molecule has 0 aliphatic carbocycles. The minimum atomic E-state index is -0.696. The SMILES string of the molecule is C=CCn1c(=NC(=O)c2ccccc2Br)sc2cc(F)cc(F)c21. The molecule has 0 fully saturated rings. The summed E-state index contributed by atoms with van der Waals surface area (Å²) in [5, 5.41) is 0. The van der Waals surface area contributed by atoms with Gasteiger partial charge in [-0.2, -0.15) is 4.99 Å². The van der Waals surface area contributed by atoms with E-state index >= 15 is 0 Å². The lowest BCUT2D eigenvalue weighted by Gasteiger charge is -2.02. The molecule has 7 heteroatoms. The molecule has 3 nitrogen and oxygen atoms in total. The molecule has 0 aliphatic rings. The minimum absolute atomic E-state index is 0.208. The molecule has 0 N–H and O–H groups in total. The topological polar surface area (TPSA) is 34.4 Å². The van der Waals surface area contributed by atoms with Gasteiger partial charge in [0.25, 0.3) is 5.91 Å². The number of carbonyl (C=O) groups is 1. The zero-order chi connectivity index (χ0) is 17.3. The molecular formula is C17H11BrF2N2OS. The number of thiazole rings is 1. The van der Waals surface area contributed by atoms with E-state index in [0.717, 1.165) is 17.4 Å². The summed E-state index contributed by atoms with van der Waals surface area (Å²) in [6.07, 6.45) is 1.57. The summed E-state index contributed by atoms with van der Waals surface area (Å²) in [5.74, 6) is -1.83. The Morgan fingerprint density at radius 1 is 1.33 bits per heavy atom. The van der Waals surface area contributed by atoms with Crippen molar-refractivity contribution >= 4 is 43.4 Å². The Bertz CT molecular complexity index is 1020. The standard InChI is InChI=1S/C17H11BrF2N2OS/c1-2-7-22-15-13(20)8-10(19)9-14(15)24-17(22)21-16(23)11-5-3-4-6-12(11)18/h2-6,8-9H,1,7H2. The average Bonchev–Trinajstić information content (AvgIpc) is 2.85. The maximum Gasteiger partial charge on any atom is 0.280 e. The second-order valence-corrected chi connectivity index (χ2v) is 6.78. The zero-order valence-corrected chi connectivity index (χ0v) is 14.7. The molecule has 0 saturated carbocycles. The van der Waals surface area contributed by atoms with Crippen molar-refractivity contribution in [1.82, 2.24) is 4.57 Å². The molecule has 0 radical (unpaired) electrons. The monoisotopic (exact) mass is 408 g/mol. The lowest BCUT2D eigenvalue weighted by Crippen LogP contribution is -2.17. The summed E-state index contributed by atoms with van der Waals surface area (Å²) >= 11 is 4.36. The van der Waals surface area contributed by atoms with Crippen LogP contribution < -0.4 is 4.80 Å². The van der Waals surface area contributed by atoms with Crippen LogP contribution in [0.25, 0.3) is 10.2 Å². The second kappa shape index (κ2) is 6.78. The molecule has 1 heterocycles. The van der Waals surface area contributed by atoms with Crippen molar-refractivity contribution in [3.05, 3.63) is 75.5 Å². The first-order valence-electron chi connectivity index (χ1n) is 6.94. The summed E-state index contributed by atoms with van der Waals surface area (Å²) in [7, 11) is 0. The van der Waals surface area contributed by atoms with Crippen molar-refractivity contribution in [1.29, 1.82) is 0 Å². The number of hydrogen-bond acceptors (Lipinski definition) is 2. The van der Waals surface area contributed by atoms with Gasteiger partial charge in [0.1, 0.15) is 5.82 Å². The second-order valence-electron chi connectivity index (χ2n) is 4.92. The first-order valence-corrected chi connectivity index (χ1v) is 8.55. The van der Waals surface area contributed by atoms with Crippen LogP contribution in [0.2, 0.25) is 0 Å². The van der Waals surface area contributed by atoms with Crippen molar-refractivity contribution in [3.8, 4) is 0 Å². The van der Waals surface area contributed by atoms with Crippen LogP contribution in [0.1, 0.15) is 10.4 Å². The van der Waals surface area contributed by atoms with Crippen molar-refractivity contribution in [2.24, 2.45) is 4.99 Å². The normalized spacial score (nSPS) is 11.9. The number of rotatable bonds is 3. The minimum Gasteiger partial charge on any atom is -0.310 e. The quantitative estimate of drug-likeness (QED) is 0.579. The molecule has 122 valence electrons. The number of fused-ring (bicyclic) bond motifs is 1. The fourth-order valence-corrected chi connectivity index (χ4v) is 3.83. The Balaban J connectivity index is 2.23. The van der Waals surface area contributed by atoms with Crippen molar-refractivity contribution in [2.45, 2.75) is 6.54 Å². The van der Waals surface area contributed by atoms with E-state index in [1.165, 1.54) is 10.6 Å². The molecule has 0 atom stereocenters. The van der Waals surface area contributed by atoms with Gasteiger partial charge < -0.3 is 4.57 Å². The third kappa shape index (κ3) is 3.09. The Morgan fingerprint density at radius 3 is 2.79 bits per heavy atom. The van der Waals surface area contributed by atoms with E-state index < -0.39 is 17.5 Å². The molecule has 0 unspecified atom stereocenters. The molecule has 0 saturated heterocycles. The van der Waals surface area contributed by atoms with Crippen molar-refractivity contribution < 1.29 is 13.6 Å². The van der Waals surface area contributed by atoms with E-state index in [-0.39, 0.29) is 16.9 Å². The predicted molar refractivity (Wildman–Crippen MR) is 94.0 cm³/mol. The van der Waals surface area contributed by atoms with Crippen LogP contribution in [0.3, 0.4) is 0 Å². The van der Waals surface area contributed by atoms with E-state index in [4.69, 9.17) is 0 Å². The molecule has 0 bridgehead atoms. The van der Waals surface area contributed by atoms with Gasteiger partial charge in [-0.15, -0.1) is 6.58 Å². The van der Waals surface area contributed by atoms with Crippen LogP contribution in [0.15, 0.2) is 58.5 Å². The smallest absolute Gasteiger partial charge is 0.280 e. The highest BCUT2D eigenvalue weighted by Gasteiger charge is 2.14. The van der Waals surface area contributed by atoms with Crippen molar-refractivity contribution in [2.75, 3.05) is 0 Å². The summed E-state index contributed by atoms with van der Waals surface area (Å²) in [5.41, 5.74) is 0.603. The Hall–Kier alpha value is -2.12. The molecule has 1 amide bonds. The Kier molecular flexibility index (Phi) is 4.73.